The zero-order valence-electron chi connectivity index (χ0n) is 23.8. The minimum atomic E-state index is -2.01. The smallest absolute Gasteiger partial charge is 0.358 e. The summed E-state index contributed by atoms with van der Waals surface area (Å²) in [5.41, 5.74) is -1.54. The van der Waals surface area contributed by atoms with Crippen LogP contribution in [0.2, 0.25) is 0 Å². The van der Waals surface area contributed by atoms with Crippen LogP contribution < -0.4 is 10.4 Å². The predicted octanol–water partition coefficient (Wildman–Crippen LogP) is 4.05. The molecule has 0 saturated carbocycles. The van der Waals surface area contributed by atoms with E-state index in [0.717, 1.165) is 12.1 Å². The number of hydrogen-bond donors (Lipinski definition) is 0. The van der Waals surface area contributed by atoms with Crippen molar-refractivity contribution in [1.29, 1.82) is 31.6 Å². The highest BCUT2D eigenvalue weighted by molar-refractivity contribution is 6.20. The highest BCUT2D eigenvalue weighted by atomic mass is 19.2. The summed E-state index contributed by atoms with van der Waals surface area (Å²) in [5.74, 6) is -9.81. The van der Waals surface area contributed by atoms with E-state index in [2.05, 4.69) is 44.3 Å². The maximum absolute atomic E-state index is 13.6. The first-order valence-corrected chi connectivity index (χ1v) is 12.4. The van der Waals surface area contributed by atoms with Crippen molar-refractivity contribution in [3.8, 4) is 36.4 Å². The number of halogens is 4. The Morgan fingerprint density at radius 2 is 0.940 bits per heavy atom. The van der Waals surface area contributed by atoms with Gasteiger partial charge in [-0.25, -0.2) is 32.5 Å². The lowest BCUT2D eigenvalue weighted by molar-refractivity contribution is 0.434. The maximum Gasteiger partial charge on any atom is 0.532 e. The molecule has 0 bridgehead atoms. The molecule has 3 heterocycles. The lowest BCUT2D eigenvalue weighted by Gasteiger charge is -2.07. The number of pyridine rings is 1. The number of aromatic nitrogens is 5. The molecule has 5 aromatic rings. The number of nitrogens with zero attached hydrogens (tertiary/aromatic N) is 15. The highest BCUT2D eigenvalue weighted by Gasteiger charge is 2.27. The second kappa shape index (κ2) is 13.5. The van der Waals surface area contributed by atoms with Gasteiger partial charge in [0.15, 0.2) is 40.4 Å². The molecule has 0 fully saturated rings. The number of nitriles is 6. The zero-order chi connectivity index (χ0) is 36.9. The van der Waals surface area contributed by atoms with E-state index in [1.807, 2.05) is 12.1 Å². The van der Waals surface area contributed by atoms with E-state index in [1.165, 1.54) is 6.07 Å². The molecule has 0 aliphatic rings. The molecule has 0 atom stereocenters. The average Bonchev–Trinajstić information content (AvgIpc) is 3.15. The molecular formula is C31HF4N15. The quantitative estimate of drug-likeness (QED) is 0.0997. The fourth-order valence-electron chi connectivity index (χ4n) is 4.21. The van der Waals surface area contributed by atoms with E-state index >= 15 is 0 Å². The molecule has 15 nitrogen and oxygen atoms in total. The van der Waals surface area contributed by atoms with Gasteiger partial charge in [0.2, 0.25) is 11.0 Å². The Kier molecular flexibility index (Phi) is 9.11. The van der Waals surface area contributed by atoms with Crippen molar-refractivity contribution in [2.45, 2.75) is 0 Å². The van der Waals surface area contributed by atoms with Crippen molar-refractivity contribution in [1.82, 2.24) is 24.9 Å². The fourth-order valence-corrected chi connectivity index (χ4v) is 4.21. The van der Waals surface area contributed by atoms with E-state index in [9.17, 15) is 38.6 Å². The summed E-state index contributed by atoms with van der Waals surface area (Å²) in [5, 5.41) is 51.6. The lowest BCUT2D eigenvalue weighted by Crippen LogP contribution is -2.30. The molecule has 0 aliphatic heterocycles. The molecule has 19 heteroatoms. The SMILES string of the molecule is [C-]#[N+]C([N+]#[C-])=c1c(F)c(F)c(=C(C#N)C#N)c(F)c1F.[C-]#[N+]c1nc2c(nc1C#N)c1cc(C#N)c(C#N)nc1c1nc(C#N)c([N+]#[C-])nc12. The molecule has 0 unspecified atom stereocenters. The number of hydrogen-bond acceptors (Lipinski definition) is 11. The largest absolute Gasteiger partial charge is 0.532 e. The second-order valence-corrected chi connectivity index (χ2v) is 8.79. The Morgan fingerprint density at radius 3 is 1.34 bits per heavy atom. The molecule has 5 rings (SSSR count). The van der Waals surface area contributed by atoms with Gasteiger partial charge in [0.25, 0.3) is 0 Å². The number of fused-ring (bicyclic) bond motifs is 6. The van der Waals surface area contributed by atoms with E-state index in [-0.39, 0.29) is 67.3 Å². The first-order valence-electron chi connectivity index (χ1n) is 12.4. The topological polar surface area (TPSA) is 225 Å². The van der Waals surface area contributed by atoms with Crippen LogP contribution in [0.1, 0.15) is 22.6 Å². The molecule has 0 aliphatic carbocycles. The van der Waals surface area contributed by atoms with E-state index in [4.69, 9.17) is 36.8 Å². The standard InChI is InChI=1S/C19HN11.C12F4N4/c1-24-18-11(6-22)27-14-9-3-8(4-20)10(5-21)26-13(9)15-17(16(14)29-18)30-19(25-2)12(7-23)28-15;1-19-12(20-2)7-10(15)8(13)6(5(3-17)4-18)9(14)11(7)16/h3H;. The van der Waals surface area contributed by atoms with Crippen LogP contribution in [-0.2, 0) is 0 Å². The van der Waals surface area contributed by atoms with Crippen molar-refractivity contribution in [3.63, 3.8) is 0 Å². The van der Waals surface area contributed by atoms with Gasteiger partial charge in [0, 0.05) is 5.39 Å². The summed E-state index contributed by atoms with van der Waals surface area (Å²) >= 11 is 0. The predicted molar refractivity (Wildman–Crippen MR) is 156 cm³/mol. The maximum atomic E-state index is 13.6. The molecule has 3 aromatic heterocycles. The zero-order valence-corrected chi connectivity index (χ0v) is 23.8. The summed E-state index contributed by atoms with van der Waals surface area (Å²) in [4.78, 5) is 32.2. The van der Waals surface area contributed by atoms with Gasteiger partial charge in [-0.3, -0.25) is 0 Å². The van der Waals surface area contributed by atoms with Crippen LogP contribution in [-0.4, -0.2) is 24.9 Å². The Morgan fingerprint density at radius 1 is 0.540 bits per heavy atom. The monoisotopic (exact) mass is 659 g/mol. The average molecular weight is 659 g/mol. The fraction of sp³-hybridized carbons (Fsp3) is 0. The molecule has 0 N–H and O–H groups in total. The van der Waals surface area contributed by atoms with Crippen molar-refractivity contribution < 1.29 is 17.6 Å². The third-order valence-corrected chi connectivity index (χ3v) is 6.30. The summed E-state index contributed by atoms with van der Waals surface area (Å²) in [6.07, 6.45) is 0. The van der Waals surface area contributed by atoms with Gasteiger partial charge in [-0.1, -0.05) is 13.1 Å². The Bertz CT molecular complexity index is 2490. The lowest BCUT2D eigenvalue weighted by atomic mass is 10.1. The first kappa shape index (κ1) is 33.8. The van der Waals surface area contributed by atoms with E-state index < -0.39 is 45.1 Å². The van der Waals surface area contributed by atoms with Crippen LogP contribution in [0.3, 0.4) is 0 Å². The van der Waals surface area contributed by atoms with Gasteiger partial charge in [-0.2, -0.15) is 41.3 Å². The molecule has 0 spiro atoms. The van der Waals surface area contributed by atoms with Crippen molar-refractivity contribution in [2.24, 2.45) is 0 Å². The van der Waals surface area contributed by atoms with Gasteiger partial charge in [0.1, 0.15) is 76.9 Å². The van der Waals surface area contributed by atoms with Crippen molar-refractivity contribution in [3.05, 3.63) is 108 Å². The third kappa shape index (κ3) is 5.27. The summed E-state index contributed by atoms with van der Waals surface area (Å²) in [7, 11) is 0. The Labute approximate surface area is 274 Å². The summed E-state index contributed by atoms with van der Waals surface area (Å²) in [6.45, 7) is 27.5. The van der Waals surface area contributed by atoms with Gasteiger partial charge in [-0.15, -0.1) is 9.97 Å². The number of benzene rings is 2. The van der Waals surface area contributed by atoms with Crippen molar-refractivity contribution >= 4 is 56.0 Å². The summed E-state index contributed by atoms with van der Waals surface area (Å²) in [6, 6.07) is 10.8. The van der Waals surface area contributed by atoms with Crippen LogP contribution >= 0.6 is 0 Å². The Balaban J connectivity index is 0.000000246. The molecule has 2 aromatic carbocycles. The highest BCUT2D eigenvalue weighted by Crippen LogP contribution is 2.34. The second-order valence-electron chi connectivity index (χ2n) is 8.79. The van der Waals surface area contributed by atoms with Gasteiger partial charge in [-0.05, 0) is 6.07 Å². The van der Waals surface area contributed by atoms with Crippen LogP contribution in [0, 0.1) is 118 Å². The van der Waals surface area contributed by atoms with E-state index in [0.29, 0.717) is 0 Å². The number of rotatable bonds is 0. The third-order valence-electron chi connectivity index (χ3n) is 6.30. The minimum absolute atomic E-state index is 0.0329. The normalized spacial score (nSPS) is 9.40. The van der Waals surface area contributed by atoms with E-state index in [1.54, 1.807) is 12.1 Å². The molecule has 0 radical (unpaired) electrons. The van der Waals surface area contributed by atoms with Crippen LogP contribution in [0.4, 0.5) is 29.2 Å². The molecule has 50 heavy (non-hydrogen) atoms. The van der Waals surface area contributed by atoms with Gasteiger partial charge in [0.05, 0.1) is 10.8 Å². The molecular weight excluding hydrogens is 658 g/mol. The van der Waals surface area contributed by atoms with Gasteiger partial charge >= 0.3 is 17.5 Å². The van der Waals surface area contributed by atoms with Crippen LogP contribution in [0.5, 0.6) is 0 Å². The minimum Gasteiger partial charge on any atom is -0.358 e. The van der Waals surface area contributed by atoms with Crippen LogP contribution in [0.25, 0.3) is 63.7 Å². The summed E-state index contributed by atoms with van der Waals surface area (Å²) < 4.78 is 54.6. The van der Waals surface area contributed by atoms with Crippen LogP contribution in [0.15, 0.2) is 6.07 Å². The molecule has 228 valence electrons. The molecule has 0 amide bonds. The van der Waals surface area contributed by atoms with Crippen molar-refractivity contribution in [2.75, 3.05) is 0 Å². The Hall–Kier alpha value is -9.11. The molecule has 0 saturated heterocycles. The van der Waals surface area contributed by atoms with Gasteiger partial charge < -0.3 is 9.69 Å². The first-order chi connectivity index (χ1) is 24.0.